The summed E-state index contributed by atoms with van der Waals surface area (Å²) < 4.78 is 14.2. The highest BCUT2D eigenvalue weighted by Gasteiger charge is 2.23. The van der Waals surface area contributed by atoms with Gasteiger partial charge in [-0.25, -0.2) is 4.68 Å². The number of rotatable bonds is 8. The van der Waals surface area contributed by atoms with Gasteiger partial charge >= 0.3 is 5.97 Å². The Balaban J connectivity index is 1.35. The molecule has 1 atom stereocenters. The zero-order valence-corrected chi connectivity index (χ0v) is 19.9. The van der Waals surface area contributed by atoms with Crippen LogP contribution in [-0.4, -0.2) is 27.3 Å². The van der Waals surface area contributed by atoms with Crippen molar-refractivity contribution in [2.24, 2.45) is 7.05 Å². The Bertz CT molecular complexity index is 1380. The van der Waals surface area contributed by atoms with Gasteiger partial charge in [-0.15, -0.1) is 0 Å². The topological polar surface area (TPSA) is 95.5 Å². The molecular formula is C27H27N3O5. The van der Waals surface area contributed by atoms with E-state index in [1.165, 1.54) is 11.6 Å². The number of aryl methyl sites for hydroxylation is 1. The Kier molecular flexibility index (Phi) is 7.01. The minimum Gasteiger partial charge on any atom is -0.461 e. The van der Waals surface area contributed by atoms with E-state index in [1.54, 1.807) is 30.8 Å². The van der Waals surface area contributed by atoms with Crippen LogP contribution in [0.4, 0.5) is 5.69 Å². The number of esters is 1. The van der Waals surface area contributed by atoms with E-state index >= 15 is 0 Å². The number of aromatic nitrogens is 2. The standard InChI is InChI=1S/C27H27N3O5/c1-18-25(27(33)30(29(18)3)21-12-8-5-9-13-21)28-26(32)19(2)34-24(31)17-15-22-14-16-23(35-22)20-10-6-4-7-11-20/h4-14,16,19H,15,17H2,1-3H3,(H,28,32)/t19-/m0/s1. The zero-order valence-electron chi connectivity index (χ0n) is 19.9. The van der Waals surface area contributed by atoms with Crippen LogP contribution >= 0.6 is 0 Å². The van der Waals surface area contributed by atoms with Crippen molar-refractivity contribution < 1.29 is 18.7 Å². The van der Waals surface area contributed by atoms with Gasteiger partial charge in [0.25, 0.3) is 11.5 Å². The summed E-state index contributed by atoms with van der Waals surface area (Å²) in [6.07, 6.45) is -0.660. The van der Waals surface area contributed by atoms with Crippen molar-refractivity contribution in [1.29, 1.82) is 0 Å². The number of furan rings is 1. The molecule has 0 saturated carbocycles. The third-order valence-corrected chi connectivity index (χ3v) is 5.78. The predicted octanol–water partition coefficient (Wildman–Crippen LogP) is 4.25. The highest BCUT2D eigenvalue weighted by Crippen LogP contribution is 2.22. The van der Waals surface area contributed by atoms with Crippen molar-refractivity contribution in [3.8, 4) is 17.0 Å². The van der Waals surface area contributed by atoms with Gasteiger partial charge in [0.2, 0.25) is 0 Å². The summed E-state index contributed by atoms with van der Waals surface area (Å²) in [6.45, 7) is 3.21. The molecule has 0 saturated heterocycles. The number of nitrogens with one attached hydrogen (secondary N) is 1. The molecule has 2 aromatic carbocycles. The highest BCUT2D eigenvalue weighted by molar-refractivity contribution is 5.95. The first-order valence-corrected chi connectivity index (χ1v) is 11.3. The maximum Gasteiger partial charge on any atom is 0.307 e. The lowest BCUT2D eigenvalue weighted by Crippen LogP contribution is -2.32. The average Bonchev–Trinajstić information content (AvgIpc) is 3.43. The lowest BCUT2D eigenvalue weighted by molar-refractivity contribution is -0.153. The summed E-state index contributed by atoms with van der Waals surface area (Å²) in [5.41, 5.74) is 1.99. The summed E-state index contributed by atoms with van der Waals surface area (Å²) in [5.74, 6) is 0.269. The number of anilines is 1. The molecule has 0 aliphatic heterocycles. The van der Waals surface area contributed by atoms with Crippen LogP contribution in [0, 0.1) is 6.92 Å². The maximum atomic E-state index is 13.0. The number of ether oxygens (including phenoxy) is 1. The molecule has 8 nitrogen and oxygen atoms in total. The second-order valence-corrected chi connectivity index (χ2v) is 8.19. The van der Waals surface area contributed by atoms with Crippen LogP contribution in [0.2, 0.25) is 0 Å². The molecule has 0 radical (unpaired) electrons. The molecule has 4 aromatic rings. The van der Waals surface area contributed by atoms with Gasteiger partial charge in [-0.1, -0.05) is 48.5 Å². The number of carbonyl (C=O) groups excluding carboxylic acids is 2. The molecule has 4 rings (SSSR count). The van der Waals surface area contributed by atoms with E-state index in [2.05, 4.69) is 5.32 Å². The predicted molar refractivity (Wildman–Crippen MR) is 132 cm³/mol. The molecule has 0 aliphatic rings. The summed E-state index contributed by atoms with van der Waals surface area (Å²) in [7, 11) is 1.74. The van der Waals surface area contributed by atoms with Crippen molar-refractivity contribution in [2.75, 3.05) is 5.32 Å². The number of hydrogen-bond acceptors (Lipinski definition) is 5. The number of para-hydroxylation sites is 1. The minimum absolute atomic E-state index is 0.0601. The van der Waals surface area contributed by atoms with E-state index in [-0.39, 0.29) is 17.7 Å². The van der Waals surface area contributed by atoms with Crippen LogP contribution in [0.15, 0.2) is 82.0 Å². The number of nitrogens with zero attached hydrogens (tertiary/aromatic N) is 2. The summed E-state index contributed by atoms with van der Waals surface area (Å²) in [5, 5.41) is 2.62. The fourth-order valence-corrected chi connectivity index (χ4v) is 3.74. The Hall–Kier alpha value is -4.33. The molecular weight excluding hydrogens is 446 g/mol. The lowest BCUT2D eigenvalue weighted by atomic mass is 10.2. The van der Waals surface area contributed by atoms with Gasteiger partial charge in [0.1, 0.15) is 17.2 Å². The fraction of sp³-hybridized carbons (Fsp3) is 0.222. The summed E-state index contributed by atoms with van der Waals surface area (Å²) in [4.78, 5) is 38.0. The molecule has 180 valence electrons. The van der Waals surface area contributed by atoms with Crippen LogP contribution in [0.5, 0.6) is 0 Å². The van der Waals surface area contributed by atoms with Gasteiger partial charge in [-0.05, 0) is 38.1 Å². The number of amides is 1. The van der Waals surface area contributed by atoms with Crippen molar-refractivity contribution in [3.05, 3.63) is 94.6 Å². The number of hydrogen-bond donors (Lipinski definition) is 1. The SMILES string of the molecule is Cc1c(NC(=O)[C@H](C)OC(=O)CCc2ccc(-c3ccccc3)o2)c(=O)n(-c2ccccc2)n1C. The second-order valence-electron chi connectivity index (χ2n) is 8.19. The Morgan fingerprint density at radius 3 is 2.34 bits per heavy atom. The van der Waals surface area contributed by atoms with Gasteiger partial charge in [-0.3, -0.25) is 19.1 Å². The molecule has 1 N–H and O–H groups in total. The number of benzene rings is 2. The molecule has 35 heavy (non-hydrogen) atoms. The summed E-state index contributed by atoms with van der Waals surface area (Å²) in [6, 6.07) is 22.5. The van der Waals surface area contributed by atoms with Crippen molar-refractivity contribution in [1.82, 2.24) is 9.36 Å². The van der Waals surface area contributed by atoms with Crippen LogP contribution in [0.25, 0.3) is 17.0 Å². The van der Waals surface area contributed by atoms with Gasteiger partial charge in [0, 0.05) is 19.0 Å². The highest BCUT2D eigenvalue weighted by atomic mass is 16.5. The Morgan fingerprint density at radius 2 is 1.66 bits per heavy atom. The first kappa shape index (κ1) is 23.8. The van der Waals surface area contributed by atoms with E-state index in [0.29, 0.717) is 23.6 Å². The molecule has 0 fully saturated rings. The largest absolute Gasteiger partial charge is 0.461 e. The molecule has 0 unspecified atom stereocenters. The fourth-order valence-electron chi connectivity index (χ4n) is 3.74. The molecule has 0 aliphatic carbocycles. The van der Waals surface area contributed by atoms with E-state index < -0.39 is 18.0 Å². The Morgan fingerprint density at radius 1 is 1.00 bits per heavy atom. The minimum atomic E-state index is -1.07. The monoisotopic (exact) mass is 473 g/mol. The third-order valence-electron chi connectivity index (χ3n) is 5.78. The van der Waals surface area contributed by atoms with Crippen LogP contribution < -0.4 is 10.9 Å². The molecule has 0 spiro atoms. The van der Waals surface area contributed by atoms with Gasteiger partial charge < -0.3 is 14.5 Å². The first-order chi connectivity index (χ1) is 16.8. The smallest absolute Gasteiger partial charge is 0.307 e. The number of carbonyl (C=O) groups is 2. The molecule has 2 aromatic heterocycles. The van der Waals surface area contributed by atoms with Gasteiger partial charge in [0.05, 0.1) is 17.8 Å². The third kappa shape index (κ3) is 5.27. The first-order valence-electron chi connectivity index (χ1n) is 11.3. The molecule has 2 heterocycles. The summed E-state index contributed by atoms with van der Waals surface area (Å²) >= 11 is 0. The normalized spacial score (nSPS) is 11.7. The van der Waals surface area contributed by atoms with Crippen LogP contribution in [-0.2, 0) is 27.8 Å². The molecule has 8 heteroatoms. The quantitative estimate of drug-likeness (QED) is 0.386. The van der Waals surface area contributed by atoms with Crippen LogP contribution in [0.3, 0.4) is 0 Å². The van der Waals surface area contributed by atoms with Crippen molar-refractivity contribution >= 4 is 17.6 Å². The van der Waals surface area contributed by atoms with E-state index in [0.717, 1.165) is 11.3 Å². The van der Waals surface area contributed by atoms with E-state index in [9.17, 15) is 14.4 Å². The second kappa shape index (κ2) is 10.3. The van der Waals surface area contributed by atoms with Crippen LogP contribution in [0.1, 0.15) is 24.8 Å². The lowest BCUT2D eigenvalue weighted by Gasteiger charge is -2.12. The van der Waals surface area contributed by atoms with Gasteiger partial charge in [-0.2, -0.15) is 0 Å². The maximum absolute atomic E-state index is 13.0. The van der Waals surface area contributed by atoms with Crippen molar-refractivity contribution in [2.45, 2.75) is 32.8 Å². The zero-order chi connectivity index (χ0) is 24.9. The van der Waals surface area contributed by atoms with E-state index in [1.807, 2.05) is 60.7 Å². The average molecular weight is 474 g/mol. The molecule has 1 amide bonds. The van der Waals surface area contributed by atoms with E-state index in [4.69, 9.17) is 9.15 Å². The molecule has 0 bridgehead atoms. The Labute approximate surface area is 202 Å². The van der Waals surface area contributed by atoms with Gasteiger partial charge in [0.15, 0.2) is 6.10 Å². The van der Waals surface area contributed by atoms with Crippen molar-refractivity contribution in [3.63, 3.8) is 0 Å².